The first kappa shape index (κ1) is 32.9. The lowest BCUT2D eigenvalue weighted by Gasteiger charge is -2.46. The summed E-state index contributed by atoms with van der Waals surface area (Å²) < 4.78 is 71.4. The van der Waals surface area contributed by atoms with E-state index in [-0.39, 0.29) is 10.0 Å². The van der Waals surface area contributed by atoms with E-state index in [1.807, 2.05) is 113 Å². The number of rotatable bonds is 8. The molecule has 0 aromatic heterocycles. The van der Waals surface area contributed by atoms with Crippen LogP contribution >= 0.6 is 15.9 Å². The molecule has 0 radical (unpaired) electrons. The van der Waals surface area contributed by atoms with E-state index >= 15 is 17.6 Å². The Labute approximate surface area is 278 Å². The Bertz CT molecular complexity index is 1690. The molecule has 0 unspecified atom stereocenters. The van der Waals surface area contributed by atoms with Crippen molar-refractivity contribution in [2.45, 2.75) is 63.6 Å². The average Bonchev–Trinajstić information content (AvgIpc) is 3.37. The number of hydrogen-bond acceptors (Lipinski definition) is 2. The zero-order chi connectivity index (χ0) is 32.9. The van der Waals surface area contributed by atoms with E-state index < -0.39 is 56.1 Å². The zero-order valence-corrected chi connectivity index (χ0v) is 29.1. The molecule has 0 spiro atoms. The monoisotopic (exact) mass is 707 g/mol. The smallest absolute Gasteiger partial charge is 0.282 e. The molecule has 0 bridgehead atoms. The van der Waals surface area contributed by atoms with Gasteiger partial charge in [-0.3, -0.25) is 4.90 Å². The summed E-state index contributed by atoms with van der Waals surface area (Å²) in [5, 5.41) is 1.34. The third-order valence-corrected chi connectivity index (χ3v) is 14.9. The van der Waals surface area contributed by atoms with Crippen LogP contribution in [-0.2, 0) is 10.8 Å². The highest BCUT2D eigenvalue weighted by molar-refractivity contribution is 9.10. The SMILES string of the molecule is C[C@@H]1CC2=C(Cc3ccccc32)[C@@H](c2c(F)cc(Br)cc2F)N1CC(F)(F)CO[Si](c1ccccc1)(c1ccccc1)C(C)(C)C. The maximum atomic E-state index is 16.5. The molecular weight excluding hydrogens is 670 g/mol. The molecule has 1 aliphatic carbocycles. The molecule has 6 rings (SSSR count). The molecule has 2 nitrogen and oxygen atoms in total. The molecule has 46 heavy (non-hydrogen) atoms. The maximum Gasteiger partial charge on any atom is 0.282 e. The summed E-state index contributed by atoms with van der Waals surface area (Å²) in [6.45, 7) is 6.47. The molecule has 8 heteroatoms. The van der Waals surface area contributed by atoms with Crippen LogP contribution in [0, 0.1) is 11.6 Å². The molecule has 0 fully saturated rings. The molecule has 0 amide bonds. The second-order valence-corrected chi connectivity index (χ2v) is 18.8. The minimum Gasteiger partial charge on any atom is -0.401 e. The van der Waals surface area contributed by atoms with Gasteiger partial charge in [0.1, 0.15) is 11.6 Å². The molecule has 0 saturated heterocycles. The first-order chi connectivity index (χ1) is 21.8. The van der Waals surface area contributed by atoms with E-state index in [0.717, 1.165) is 32.6 Å². The molecule has 2 atom stereocenters. The van der Waals surface area contributed by atoms with Crippen LogP contribution in [0.15, 0.2) is 107 Å². The number of fused-ring (bicyclic) bond motifs is 2. The molecule has 2 aliphatic rings. The van der Waals surface area contributed by atoms with Crippen molar-refractivity contribution in [3.05, 3.63) is 135 Å². The molecule has 1 heterocycles. The summed E-state index contributed by atoms with van der Waals surface area (Å²) in [6, 6.07) is 28.3. The predicted octanol–water partition coefficient (Wildman–Crippen LogP) is 9.08. The highest BCUT2D eigenvalue weighted by atomic mass is 79.9. The summed E-state index contributed by atoms with van der Waals surface area (Å²) in [4.78, 5) is 1.59. The van der Waals surface area contributed by atoms with E-state index in [9.17, 15) is 0 Å². The van der Waals surface area contributed by atoms with E-state index in [1.54, 1.807) is 4.90 Å². The van der Waals surface area contributed by atoms with Crippen LogP contribution in [-0.4, -0.2) is 38.3 Å². The Hall–Kier alpha value is -3.04. The van der Waals surface area contributed by atoms with Crippen LogP contribution < -0.4 is 10.4 Å². The summed E-state index contributed by atoms with van der Waals surface area (Å²) in [5.41, 5.74) is 3.67. The van der Waals surface area contributed by atoms with Gasteiger partial charge in [0.15, 0.2) is 0 Å². The third-order valence-electron chi connectivity index (χ3n) is 9.49. The Kier molecular flexibility index (Phi) is 8.95. The van der Waals surface area contributed by atoms with Gasteiger partial charge in [0, 0.05) is 16.1 Å². The fraction of sp³-hybridized carbons (Fsp3) is 0.316. The quantitative estimate of drug-likeness (QED) is 0.134. The first-order valence-electron chi connectivity index (χ1n) is 15.7. The Morgan fingerprint density at radius 3 is 1.96 bits per heavy atom. The second kappa shape index (κ2) is 12.5. The molecular formula is C38H38BrF4NOSi. The summed E-state index contributed by atoms with van der Waals surface area (Å²) >= 11 is 3.18. The van der Waals surface area contributed by atoms with Gasteiger partial charge in [-0.25, -0.2) is 17.6 Å². The van der Waals surface area contributed by atoms with Gasteiger partial charge in [0.25, 0.3) is 14.2 Å². The van der Waals surface area contributed by atoms with Crippen molar-refractivity contribution in [2.24, 2.45) is 0 Å². The summed E-state index contributed by atoms with van der Waals surface area (Å²) in [7, 11) is -3.24. The van der Waals surface area contributed by atoms with Gasteiger partial charge >= 0.3 is 0 Å². The summed E-state index contributed by atoms with van der Waals surface area (Å²) in [6.07, 6.45) is 0.965. The number of nitrogens with zero attached hydrogens (tertiary/aromatic N) is 1. The second-order valence-electron chi connectivity index (χ2n) is 13.6. The minimum absolute atomic E-state index is 0.196. The van der Waals surface area contributed by atoms with Gasteiger partial charge in [-0.2, -0.15) is 0 Å². The number of hydrogen-bond donors (Lipinski definition) is 0. The Morgan fingerprint density at radius 1 is 0.848 bits per heavy atom. The minimum atomic E-state index is -3.33. The topological polar surface area (TPSA) is 12.5 Å². The number of halogens is 5. The van der Waals surface area contributed by atoms with Crippen molar-refractivity contribution in [1.29, 1.82) is 0 Å². The lowest BCUT2D eigenvalue weighted by molar-refractivity contribution is -0.0818. The fourth-order valence-electron chi connectivity index (χ4n) is 7.51. The lowest BCUT2D eigenvalue weighted by atomic mass is 9.84. The molecule has 4 aromatic carbocycles. The maximum absolute atomic E-state index is 16.5. The van der Waals surface area contributed by atoms with Crippen molar-refractivity contribution < 1.29 is 22.0 Å². The zero-order valence-electron chi connectivity index (χ0n) is 26.5. The van der Waals surface area contributed by atoms with Crippen LogP contribution in [0.2, 0.25) is 5.04 Å². The molecule has 4 aromatic rings. The Balaban J connectivity index is 1.39. The van der Waals surface area contributed by atoms with Gasteiger partial charge in [0.2, 0.25) is 0 Å². The van der Waals surface area contributed by atoms with E-state index in [2.05, 4.69) is 15.9 Å². The van der Waals surface area contributed by atoms with Gasteiger partial charge in [-0.15, -0.1) is 0 Å². The van der Waals surface area contributed by atoms with Gasteiger partial charge in [-0.05, 0) is 69.6 Å². The van der Waals surface area contributed by atoms with Crippen LogP contribution in [0.25, 0.3) is 5.57 Å². The van der Waals surface area contributed by atoms with E-state index in [1.165, 1.54) is 12.1 Å². The highest BCUT2D eigenvalue weighted by Gasteiger charge is 2.53. The van der Waals surface area contributed by atoms with Crippen molar-refractivity contribution >= 4 is 40.2 Å². The van der Waals surface area contributed by atoms with Crippen molar-refractivity contribution in [1.82, 2.24) is 4.90 Å². The largest absolute Gasteiger partial charge is 0.401 e. The number of benzene rings is 4. The summed E-state index contributed by atoms with van der Waals surface area (Å²) in [5.74, 6) is -4.85. The average molecular weight is 709 g/mol. The van der Waals surface area contributed by atoms with Crippen LogP contribution in [0.1, 0.15) is 56.8 Å². The van der Waals surface area contributed by atoms with Gasteiger partial charge in [-0.1, -0.05) is 122 Å². The Morgan fingerprint density at radius 2 is 1.39 bits per heavy atom. The normalized spacial score (nSPS) is 18.9. The standard InChI is InChI=1S/C38H38BrF4NOSi/c1-25-19-31-30-18-12-11-13-26(30)20-32(31)36(35-33(40)21-27(39)22-34(35)41)44(25)23-38(42,43)24-45-46(37(2,3)4,28-14-7-5-8-15-28)29-16-9-6-10-17-29/h5-18,21-22,25,36H,19-20,23-24H2,1-4H3/t25-,36+/m1/s1. The van der Waals surface area contributed by atoms with Crippen molar-refractivity contribution in [3.63, 3.8) is 0 Å². The number of alkyl halides is 2. The molecule has 1 aliphatic heterocycles. The van der Waals surface area contributed by atoms with Crippen LogP contribution in [0.5, 0.6) is 0 Å². The fourth-order valence-corrected chi connectivity index (χ4v) is 12.5. The predicted molar refractivity (Wildman–Crippen MR) is 183 cm³/mol. The third kappa shape index (κ3) is 5.94. The first-order valence-corrected chi connectivity index (χ1v) is 18.4. The molecule has 240 valence electrons. The van der Waals surface area contributed by atoms with Gasteiger partial charge in [0.05, 0.1) is 19.2 Å². The van der Waals surface area contributed by atoms with E-state index in [0.29, 0.717) is 12.8 Å². The lowest BCUT2D eigenvalue weighted by Crippen LogP contribution is -2.67. The van der Waals surface area contributed by atoms with Crippen LogP contribution in [0.4, 0.5) is 17.6 Å². The molecule has 0 saturated carbocycles. The van der Waals surface area contributed by atoms with E-state index in [4.69, 9.17) is 4.43 Å². The highest BCUT2D eigenvalue weighted by Crippen LogP contribution is 2.50. The van der Waals surface area contributed by atoms with Crippen LogP contribution in [0.3, 0.4) is 0 Å². The van der Waals surface area contributed by atoms with Crippen molar-refractivity contribution in [2.75, 3.05) is 13.2 Å². The molecule has 0 N–H and O–H groups in total. The van der Waals surface area contributed by atoms with Gasteiger partial charge < -0.3 is 4.43 Å². The van der Waals surface area contributed by atoms with Crippen molar-refractivity contribution in [3.8, 4) is 0 Å².